The third kappa shape index (κ3) is 4.72. The molecule has 4 atom stereocenters. The van der Waals surface area contributed by atoms with Gasteiger partial charge in [-0.25, -0.2) is 0 Å². The molecule has 2 bridgehead atoms. The third-order valence-electron chi connectivity index (χ3n) is 8.94. The number of nitrogens with one attached hydrogen (secondary N) is 2. The van der Waals surface area contributed by atoms with Gasteiger partial charge in [0.15, 0.2) is 0 Å². The first kappa shape index (κ1) is 25.3. The lowest BCUT2D eigenvalue weighted by molar-refractivity contribution is -0.127. The second kappa shape index (κ2) is 9.51. The Morgan fingerprint density at radius 2 is 1.89 bits per heavy atom. The Kier molecular flexibility index (Phi) is 6.51. The van der Waals surface area contributed by atoms with Crippen LogP contribution in [0, 0.1) is 39.9 Å². The number of hydrogen-bond acceptors (Lipinski definition) is 6. The topological polar surface area (TPSA) is 118 Å². The van der Waals surface area contributed by atoms with Crippen LogP contribution in [0.15, 0.2) is 24.3 Å². The van der Waals surface area contributed by atoms with E-state index in [4.69, 9.17) is 9.47 Å². The molecule has 8 heteroatoms. The number of amides is 2. The van der Waals surface area contributed by atoms with Crippen LogP contribution in [0.1, 0.15) is 68.3 Å². The minimum Gasteiger partial charge on any atom is -0.496 e. The highest BCUT2D eigenvalue weighted by Gasteiger charge is 2.49. The molecule has 3 saturated carbocycles. The number of carbonyl (C=O) groups is 3. The van der Waals surface area contributed by atoms with Crippen LogP contribution in [0.25, 0.3) is 0 Å². The highest BCUT2D eigenvalue weighted by molar-refractivity contribution is 5.98. The molecule has 0 unspecified atom stereocenters. The first-order valence-corrected chi connectivity index (χ1v) is 13.2. The molecule has 0 aromatic heterocycles. The van der Waals surface area contributed by atoms with Crippen molar-refractivity contribution in [2.45, 2.75) is 64.5 Å². The normalized spacial score (nSPS) is 32.4. The Labute approximate surface area is 217 Å². The van der Waals surface area contributed by atoms with Crippen molar-refractivity contribution in [2.75, 3.05) is 13.7 Å². The Morgan fingerprint density at radius 1 is 1.16 bits per heavy atom. The van der Waals surface area contributed by atoms with E-state index in [-0.39, 0.29) is 64.0 Å². The number of carbonyl (C=O) groups excluding carboxylic acids is 3. The Balaban J connectivity index is 1.32. The van der Waals surface area contributed by atoms with E-state index < -0.39 is 5.41 Å². The number of fused-ring (bicyclic) bond motifs is 2. The zero-order valence-corrected chi connectivity index (χ0v) is 21.7. The molecule has 0 saturated heterocycles. The van der Waals surface area contributed by atoms with E-state index in [0.29, 0.717) is 25.1 Å². The van der Waals surface area contributed by atoms with Crippen molar-refractivity contribution >= 4 is 18.1 Å². The van der Waals surface area contributed by atoms with E-state index in [0.717, 1.165) is 25.5 Å². The molecule has 0 radical (unpaired) electrons. The third-order valence-corrected chi connectivity index (χ3v) is 8.94. The number of nitrogens with zero attached hydrogens (tertiary/aromatic N) is 1. The predicted molar refractivity (Wildman–Crippen MR) is 136 cm³/mol. The summed E-state index contributed by atoms with van der Waals surface area (Å²) in [4.78, 5) is 38.0. The van der Waals surface area contributed by atoms with Crippen molar-refractivity contribution in [3.63, 3.8) is 0 Å². The fourth-order valence-electron chi connectivity index (χ4n) is 6.41. The maximum absolute atomic E-state index is 13.5. The first-order valence-electron chi connectivity index (χ1n) is 13.2. The van der Waals surface area contributed by atoms with Gasteiger partial charge in [-0.05, 0) is 55.4 Å². The molecule has 8 nitrogen and oxygen atoms in total. The largest absolute Gasteiger partial charge is 0.496 e. The summed E-state index contributed by atoms with van der Waals surface area (Å²) in [5.74, 6) is 0.0740. The molecule has 2 N–H and O–H groups in total. The quantitative estimate of drug-likeness (QED) is 0.392. The number of allylic oxidation sites excluding steroid dienone is 1. The fourth-order valence-corrected chi connectivity index (χ4v) is 6.41. The molecule has 2 amide bonds. The van der Waals surface area contributed by atoms with Crippen molar-refractivity contribution in [1.82, 2.24) is 10.6 Å². The van der Waals surface area contributed by atoms with Crippen LogP contribution in [0.4, 0.5) is 0 Å². The average molecular weight is 506 g/mol. The van der Waals surface area contributed by atoms with E-state index in [1.54, 1.807) is 6.07 Å². The summed E-state index contributed by atoms with van der Waals surface area (Å²) in [7, 11) is 1.45. The Hall–Kier alpha value is -3.34. The van der Waals surface area contributed by atoms with Crippen LogP contribution >= 0.6 is 0 Å². The van der Waals surface area contributed by atoms with Crippen LogP contribution in [0.2, 0.25) is 0 Å². The van der Waals surface area contributed by atoms with Gasteiger partial charge in [0.05, 0.1) is 24.2 Å². The average Bonchev–Trinajstić information content (AvgIpc) is 3.46. The van der Waals surface area contributed by atoms with Gasteiger partial charge < -0.3 is 24.9 Å². The lowest BCUT2D eigenvalue weighted by Crippen LogP contribution is -2.50. The van der Waals surface area contributed by atoms with Crippen LogP contribution in [0.5, 0.6) is 11.5 Å². The minimum atomic E-state index is -0.412. The lowest BCUT2D eigenvalue weighted by atomic mass is 9.69. The van der Waals surface area contributed by atoms with Gasteiger partial charge in [0.2, 0.25) is 5.91 Å². The summed E-state index contributed by atoms with van der Waals surface area (Å²) in [5, 5.41) is 15.9. The molecular formula is C29H35N3O5. The lowest BCUT2D eigenvalue weighted by Gasteiger charge is -2.40. The number of hydrogen-bond donors (Lipinski definition) is 2. The summed E-state index contributed by atoms with van der Waals surface area (Å²) in [5.41, 5.74) is 0.280. The van der Waals surface area contributed by atoms with Crippen molar-refractivity contribution in [3.8, 4) is 17.6 Å². The van der Waals surface area contributed by atoms with Gasteiger partial charge in [0.1, 0.15) is 30.0 Å². The number of aldehydes is 1. The number of rotatable bonds is 9. The maximum Gasteiger partial charge on any atom is 0.255 e. The maximum atomic E-state index is 13.5. The van der Waals surface area contributed by atoms with Crippen LogP contribution in [-0.4, -0.2) is 43.9 Å². The standard InChI is InChI=1S/C29H35N3O5/c1-28(7-4-8-28)15-31-27(35)24-17-5-6-18(9-17)25(24)32-26(34)21-11-22(19(14-30)10-23(21)36-3)37-20-12-29(2,13-20)16-33/h5-6,10-11,16-18,20,24-25H,4,7-9,12-13,15H2,1-3H3,(H,31,35)(H,32,34)/t17-,18-,20?,24-,25+,29?/m0/s1. The van der Waals surface area contributed by atoms with Gasteiger partial charge in [0.25, 0.3) is 5.91 Å². The molecule has 1 aromatic rings. The van der Waals surface area contributed by atoms with Gasteiger partial charge in [0, 0.05) is 24.1 Å². The molecule has 0 spiro atoms. The van der Waals surface area contributed by atoms with Crippen molar-refractivity contribution in [3.05, 3.63) is 35.4 Å². The highest BCUT2D eigenvalue weighted by Crippen LogP contribution is 2.45. The van der Waals surface area contributed by atoms with E-state index in [2.05, 4.69) is 35.8 Å². The molecule has 4 aliphatic rings. The Bertz CT molecular complexity index is 1170. The second-order valence-corrected chi connectivity index (χ2v) is 11.9. The summed E-state index contributed by atoms with van der Waals surface area (Å²) in [6, 6.07) is 4.84. The number of ether oxygens (including phenoxy) is 2. The van der Waals surface area contributed by atoms with Crippen molar-refractivity contribution in [2.24, 2.45) is 28.6 Å². The van der Waals surface area contributed by atoms with Gasteiger partial charge in [-0.15, -0.1) is 0 Å². The van der Waals surface area contributed by atoms with Gasteiger partial charge in [-0.2, -0.15) is 5.26 Å². The molecule has 196 valence electrons. The van der Waals surface area contributed by atoms with Crippen LogP contribution in [-0.2, 0) is 9.59 Å². The molecule has 1 aromatic carbocycles. The van der Waals surface area contributed by atoms with E-state index >= 15 is 0 Å². The molecule has 4 aliphatic carbocycles. The Morgan fingerprint density at radius 3 is 2.51 bits per heavy atom. The molecule has 37 heavy (non-hydrogen) atoms. The second-order valence-electron chi connectivity index (χ2n) is 11.9. The molecule has 0 heterocycles. The van der Waals surface area contributed by atoms with E-state index in [1.165, 1.54) is 19.6 Å². The summed E-state index contributed by atoms with van der Waals surface area (Å²) >= 11 is 0. The summed E-state index contributed by atoms with van der Waals surface area (Å²) < 4.78 is 11.5. The monoisotopic (exact) mass is 505 g/mol. The predicted octanol–water partition coefficient (Wildman–Crippen LogP) is 3.54. The highest BCUT2D eigenvalue weighted by atomic mass is 16.5. The van der Waals surface area contributed by atoms with Crippen LogP contribution in [0.3, 0.4) is 0 Å². The molecule has 0 aliphatic heterocycles. The van der Waals surface area contributed by atoms with E-state index in [1.807, 2.05) is 6.92 Å². The molecule has 3 fully saturated rings. The molecular weight excluding hydrogens is 470 g/mol. The number of benzene rings is 1. The zero-order valence-electron chi connectivity index (χ0n) is 21.7. The van der Waals surface area contributed by atoms with Crippen molar-refractivity contribution < 1.29 is 23.9 Å². The fraction of sp³-hybridized carbons (Fsp3) is 0.586. The summed E-state index contributed by atoms with van der Waals surface area (Å²) in [6.45, 7) is 4.75. The summed E-state index contributed by atoms with van der Waals surface area (Å²) in [6.07, 6.45) is 10.4. The zero-order chi connectivity index (χ0) is 26.4. The van der Waals surface area contributed by atoms with Gasteiger partial charge >= 0.3 is 0 Å². The first-order chi connectivity index (χ1) is 17.7. The molecule has 5 rings (SSSR count). The van der Waals surface area contributed by atoms with Crippen LogP contribution < -0.4 is 20.1 Å². The smallest absolute Gasteiger partial charge is 0.255 e. The number of nitriles is 1. The van der Waals surface area contributed by atoms with Gasteiger partial charge in [-0.1, -0.05) is 32.4 Å². The van der Waals surface area contributed by atoms with E-state index in [9.17, 15) is 19.6 Å². The number of methoxy groups -OCH3 is 1. The van der Waals surface area contributed by atoms with Gasteiger partial charge in [-0.3, -0.25) is 9.59 Å². The minimum absolute atomic E-state index is 0.00528. The SMILES string of the molecule is COc1cc(C#N)c(OC2CC(C)(C=O)C2)cc1C(=O)N[C@H]1[C@@H](C(=O)NCC2(C)CCC2)[C@H]2C=C[C@H]1C2. The van der Waals surface area contributed by atoms with Crippen molar-refractivity contribution in [1.29, 1.82) is 5.26 Å².